The summed E-state index contributed by atoms with van der Waals surface area (Å²) in [4.78, 5) is 11.1. The maximum absolute atomic E-state index is 6.06. The van der Waals surface area contributed by atoms with Crippen LogP contribution in [0.5, 0.6) is 5.75 Å². The van der Waals surface area contributed by atoms with Gasteiger partial charge in [0.1, 0.15) is 11.6 Å². The van der Waals surface area contributed by atoms with Crippen molar-refractivity contribution in [2.45, 2.75) is 13.3 Å². The Bertz CT molecular complexity index is 678. The highest BCUT2D eigenvalue weighted by molar-refractivity contribution is 6.30. The molecule has 0 fully saturated rings. The van der Waals surface area contributed by atoms with Crippen LogP contribution in [0.15, 0.2) is 24.3 Å². The first-order chi connectivity index (χ1) is 11.5. The van der Waals surface area contributed by atoms with Gasteiger partial charge >= 0.3 is 0 Å². The van der Waals surface area contributed by atoms with Crippen molar-refractivity contribution in [2.75, 3.05) is 44.9 Å². The predicted molar refractivity (Wildman–Crippen MR) is 99.7 cm³/mol. The molecule has 0 aliphatic heterocycles. The zero-order valence-electron chi connectivity index (χ0n) is 14.6. The maximum Gasteiger partial charge on any atom is 0.229 e. The topological polar surface area (TPSA) is 62.3 Å². The molecule has 1 heterocycles. The van der Waals surface area contributed by atoms with E-state index in [4.69, 9.17) is 16.3 Å². The van der Waals surface area contributed by atoms with E-state index < -0.39 is 0 Å². The fourth-order valence-electron chi connectivity index (χ4n) is 2.23. The second kappa shape index (κ2) is 8.70. The highest BCUT2D eigenvalue weighted by Gasteiger charge is 2.08. The van der Waals surface area contributed by atoms with Crippen molar-refractivity contribution in [1.29, 1.82) is 0 Å². The number of hydrogen-bond donors (Lipinski definition) is 2. The molecule has 0 radical (unpaired) electrons. The van der Waals surface area contributed by atoms with Crippen molar-refractivity contribution in [2.24, 2.45) is 0 Å². The van der Waals surface area contributed by atoms with Gasteiger partial charge in [0, 0.05) is 23.3 Å². The minimum atomic E-state index is 0.505. The van der Waals surface area contributed by atoms with Gasteiger partial charge in [0.25, 0.3) is 0 Å². The summed E-state index contributed by atoms with van der Waals surface area (Å²) in [6.07, 6.45) is 1.04. The normalized spacial score (nSPS) is 10.8. The lowest BCUT2D eigenvalue weighted by Crippen LogP contribution is -2.17. The van der Waals surface area contributed by atoms with Crippen LogP contribution in [0.25, 0.3) is 0 Å². The third kappa shape index (κ3) is 5.54. The molecular formula is C17H24ClN5O. The number of anilines is 3. The highest BCUT2D eigenvalue weighted by atomic mass is 35.5. The molecule has 0 saturated carbocycles. The third-order valence-corrected chi connectivity index (χ3v) is 3.59. The van der Waals surface area contributed by atoms with E-state index in [-0.39, 0.29) is 0 Å². The van der Waals surface area contributed by atoms with Gasteiger partial charge in [-0.2, -0.15) is 4.98 Å². The van der Waals surface area contributed by atoms with Gasteiger partial charge in [-0.1, -0.05) is 11.6 Å². The standard InChI is InChI=1S/C17H24ClN5O/c1-12-10-16(19-8-5-9-23(2)3)22-17(20-12)21-14-11-13(18)6-7-15(14)24-4/h6-7,10-11H,5,8-9H2,1-4H3,(H2,19,20,21,22). The summed E-state index contributed by atoms with van der Waals surface area (Å²) >= 11 is 6.06. The third-order valence-electron chi connectivity index (χ3n) is 3.35. The number of ether oxygens (including phenoxy) is 1. The van der Waals surface area contributed by atoms with Crippen molar-refractivity contribution in [1.82, 2.24) is 14.9 Å². The number of aryl methyl sites for hydroxylation is 1. The van der Waals surface area contributed by atoms with Gasteiger partial charge in [0.15, 0.2) is 0 Å². The van der Waals surface area contributed by atoms with Crippen LogP contribution >= 0.6 is 11.6 Å². The lowest BCUT2D eigenvalue weighted by atomic mass is 10.3. The Morgan fingerprint density at radius 2 is 2.00 bits per heavy atom. The van der Waals surface area contributed by atoms with Gasteiger partial charge < -0.3 is 20.3 Å². The van der Waals surface area contributed by atoms with E-state index >= 15 is 0 Å². The lowest BCUT2D eigenvalue weighted by Gasteiger charge is -2.13. The SMILES string of the molecule is COc1ccc(Cl)cc1Nc1nc(C)cc(NCCCN(C)C)n1. The zero-order chi connectivity index (χ0) is 17.5. The quantitative estimate of drug-likeness (QED) is 0.710. The van der Waals surface area contributed by atoms with Gasteiger partial charge in [-0.3, -0.25) is 0 Å². The average molecular weight is 350 g/mol. The molecule has 1 aromatic carbocycles. The van der Waals surface area contributed by atoms with Crippen LogP contribution in [0.2, 0.25) is 5.02 Å². The summed E-state index contributed by atoms with van der Waals surface area (Å²) in [6, 6.07) is 7.30. The molecule has 130 valence electrons. The summed E-state index contributed by atoms with van der Waals surface area (Å²) < 4.78 is 5.34. The minimum Gasteiger partial charge on any atom is -0.495 e. The molecule has 2 N–H and O–H groups in total. The number of nitrogens with zero attached hydrogens (tertiary/aromatic N) is 3. The summed E-state index contributed by atoms with van der Waals surface area (Å²) in [7, 11) is 5.74. The lowest BCUT2D eigenvalue weighted by molar-refractivity contribution is 0.405. The molecule has 0 unspecified atom stereocenters. The van der Waals surface area contributed by atoms with Gasteiger partial charge in [0.2, 0.25) is 5.95 Å². The van der Waals surface area contributed by atoms with Gasteiger partial charge in [-0.15, -0.1) is 0 Å². The smallest absolute Gasteiger partial charge is 0.229 e. The van der Waals surface area contributed by atoms with Crippen LogP contribution < -0.4 is 15.4 Å². The highest BCUT2D eigenvalue weighted by Crippen LogP contribution is 2.29. The van der Waals surface area contributed by atoms with Crippen LogP contribution in [-0.2, 0) is 0 Å². The Balaban J connectivity index is 2.09. The molecule has 24 heavy (non-hydrogen) atoms. The first-order valence-corrected chi connectivity index (χ1v) is 8.20. The predicted octanol–water partition coefficient (Wildman–Crippen LogP) is 3.55. The molecule has 0 bridgehead atoms. The number of aromatic nitrogens is 2. The monoisotopic (exact) mass is 349 g/mol. The van der Waals surface area contributed by atoms with Crippen molar-refractivity contribution >= 4 is 29.1 Å². The molecule has 0 aliphatic carbocycles. The Morgan fingerprint density at radius 3 is 2.71 bits per heavy atom. The Hall–Kier alpha value is -2.05. The fraction of sp³-hybridized carbons (Fsp3) is 0.412. The van der Waals surface area contributed by atoms with E-state index in [1.165, 1.54) is 0 Å². The molecule has 2 aromatic rings. The van der Waals surface area contributed by atoms with Crippen molar-refractivity contribution < 1.29 is 4.74 Å². The van der Waals surface area contributed by atoms with Crippen LogP contribution in [0.3, 0.4) is 0 Å². The largest absolute Gasteiger partial charge is 0.495 e. The number of methoxy groups -OCH3 is 1. The maximum atomic E-state index is 6.06. The van der Waals surface area contributed by atoms with E-state index in [9.17, 15) is 0 Å². The molecule has 7 heteroatoms. The van der Waals surface area contributed by atoms with E-state index in [1.54, 1.807) is 25.3 Å². The van der Waals surface area contributed by atoms with E-state index in [0.717, 1.165) is 36.7 Å². The summed E-state index contributed by atoms with van der Waals surface area (Å²) in [5.41, 5.74) is 1.61. The van der Waals surface area contributed by atoms with Gasteiger partial charge in [-0.05, 0) is 52.2 Å². The molecule has 1 aromatic heterocycles. The van der Waals surface area contributed by atoms with E-state index in [1.807, 2.05) is 13.0 Å². The van der Waals surface area contributed by atoms with Gasteiger partial charge in [-0.25, -0.2) is 4.98 Å². The van der Waals surface area contributed by atoms with E-state index in [0.29, 0.717) is 16.7 Å². The minimum absolute atomic E-state index is 0.505. The van der Waals surface area contributed by atoms with Crippen LogP contribution in [0.1, 0.15) is 12.1 Å². The van der Waals surface area contributed by atoms with Crippen LogP contribution in [0.4, 0.5) is 17.5 Å². The number of rotatable bonds is 8. The second-order valence-electron chi connectivity index (χ2n) is 5.77. The van der Waals surface area contributed by atoms with Crippen molar-refractivity contribution in [3.8, 4) is 5.75 Å². The fourth-order valence-corrected chi connectivity index (χ4v) is 2.40. The van der Waals surface area contributed by atoms with E-state index in [2.05, 4.69) is 39.6 Å². The second-order valence-corrected chi connectivity index (χ2v) is 6.21. The first-order valence-electron chi connectivity index (χ1n) is 7.83. The molecule has 0 aliphatic rings. The first kappa shape index (κ1) is 18.3. The van der Waals surface area contributed by atoms with Gasteiger partial charge in [0.05, 0.1) is 12.8 Å². The average Bonchev–Trinajstić information content (AvgIpc) is 2.51. The summed E-state index contributed by atoms with van der Waals surface area (Å²) in [5, 5.41) is 7.12. The molecule has 0 saturated heterocycles. The van der Waals surface area contributed by atoms with Crippen molar-refractivity contribution in [3.63, 3.8) is 0 Å². The number of benzene rings is 1. The van der Waals surface area contributed by atoms with Crippen LogP contribution in [-0.4, -0.2) is 49.2 Å². The molecular weight excluding hydrogens is 326 g/mol. The van der Waals surface area contributed by atoms with Crippen molar-refractivity contribution in [3.05, 3.63) is 35.0 Å². The zero-order valence-corrected chi connectivity index (χ0v) is 15.3. The summed E-state index contributed by atoms with van der Waals surface area (Å²) in [5.74, 6) is 1.99. The summed E-state index contributed by atoms with van der Waals surface area (Å²) in [6.45, 7) is 3.82. The number of halogens is 1. The molecule has 6 nitrogen and oxygen atoms in total. The molecule has 0 spiro atoms. The Labute approximate surface area is 148 Å². The molecule has 2 rings (SSSR count). The number of hydrogen-bond acceptors (Lipinski definition) is 6. The number of nitrogens with one attached hydrogen (secondary N) is 2. The molecule has 0 atom stereocenters. The Morgan fingerprint density at radius 1 is 1.21 bits per heavy atom. The molecule has 0 amide bonds. The Kier molecular flexibility index (Phi) is 6.63. The van der Waals surface area contributed by atoms with Crippen LogP contribution in [0, 0.1) is 6.92 Å².